The Morgan fingerprint density at radius 3 is 2.40 bits per heavy atom. The van der Waals surface area contributed by atoms with Gasteiger partial charge in [-0.25, -0.2) is 0 Å². The van der Waals surface area contributed by atoms with Gasteiger partial charge in [-0.15, -0.1) is 0 Å². The van der Waals surface area contributed by atoms with Gasteiger partial charge in [-0.05, 0) is 19.1 Å². The van der Waals surface area contributed by atoms with Crippen molar-refractivity contribution < 1.29 is 9.90 Å². The molecule has 0 amide bonds. The molecule has 0 bridgehead atoms. The summed E-state index contributed by atoms with van der Waals surface area (Å²) in [7, 11) is 0. The van der Waals surface area contributed by atoms with Gasteiger partial charge >= 0.3 is 5.97 Å². The molecule has 0 aromatic carbocycles. The van der Waals surface area contributed by atoms with Crippen molar-refractivity contribution in [2.75, 3.05) is 12.0 Å². The Kier molecular flexibility index (Phi) is 8.91. The van der Waals surface area contributed by atoms with E-state index in [2.05, 4.69) is 5.32 Å². The maximum absolute atomic E-state index is 10.8. The van der Waals surface area contributed by atoms with Crippen molar-refractivity contribution in [1.82, 2.24) is 5.32 Å². The minimum atomic E-state index is -0.721. The number of carboxylic acid groups (broad SMARTS) is 1. The van der Waals surface area contributed by atoms with Gasteiger partial charge in [0, 0.05) is 11.8 Å². The Hall–Kier alpha value is -0.220. The summed E-state index contributed by atoms with van der Waals surface area (Å²) < 4.78 is 0. The lowest BCUT2D eigenvalue weighted by molar-refractivity contribution is -0.139. The van der Waals surface area contributed by atoms with E-state index < -0.39 is 5.97 Å². The molecule has 0 spiro atoms. The fourth-order valence-corrected chi connectivity index (χ4v) is 2.31. The minimum absolute atomic E-state index is 0.363. The van der Waals surface area contributed by atoms with Gasteiger partial charge < -0.3 is 10.4 Å². The van der Waals surface area contributed by atoms with Crippen LogP contribution in [0.3, 0.4) is 0 Å². The van der Waals surface area contributed by atoms with Gasteiger partial charge in [0.15, 0.2) is 0 Å². The number of hydrogen-bond donors (Lipinski definition) is 2. The third-order valence-corrected chi connectivity index (χ3v) is 3.09. The molecule has 4 heteroatoms. The third-order valence-electron chi connectivity index (χ3n) is 2.42. The lowest BCUT2D eigenvalue weighted by Gasteiger charge is -2.18. The van der Waals surface area contributed by atoms with Crippen LogP contribution in [-0.2, 0) is 4.79 Å². The molecule has 1 aliphatic carbocycles. The number of carbonyl (C=O) groups is 1. The van der Waals surface area contributed by atoms with Crippen LogP contribution in [-0.4, -0.2) is 35.2 Å². The van der Waals surface area contributed by atoms with Crippen molar-refractivity contribution in [2.24, 2.45) is 0 Å². The van der Waals surface area contributed by atoms with Gasteiger partial charge in [0.1, 0.15) is 6.04 Å². The molecule has 0 aromatic rings. The Morgan fingerprint density at radius 1 is 1.47 bits per heavy atom. The van der Waals surface area contributed by atoms with E-state index in [-0.39, 0.29) is 6.04 Å². The molecule has 0 aromatic heterocycles. The molecule has 0 aliphatic heterocycles. The first kappa shape index (κ1) is 14.8. The molecule has 15 heavy (non-hydrogen) atoms. The molecule has 1 saturated carbocycles. The van der Waals surface area contributed by atoms with Crippen molar-refractivity contribution in [2.45, 2.75) is 51.6 Å². The van der Waals surface area contributed by atoms with Crippen molar-refractivity contribution in [3.05, 3.63) is 0 Å². The van der Waals surface area contributed by atoms with Crippen molar-refractivity contribution >= 4 is 17.7 Å². The summed E-state index contributed by atoms with van der Waals surface area (Å²) in [6, 6.07) is 0.0753. The fourth-order valence-electron chi connectivity index (χ4n) is 1.73. The summed E-state index contributed by atoms with van der Waals surface area (Å²) >= 11 is 1.58. The largest absolute Gasteiger partial charge is 0.480 e. The molecular weight excluding hydrogens is 210 g/mol. The van der Waals surface area contributed by atoms with Crippen LogP contribution in [0.1, 0.15) is 39.5 Å². The quantitative estimate of drug-likeness (QED) is 0.765. The van der Waals surface area contributed by atoms with Crippen LogP contribution >= 0.6 is 11.8 Å². The lowest BCUT2D eigenvalue weighted by atomic mass is 10.2. The van der Waals surface area contributed by atoms with Gasteiger partial charge in [0.2, 0.25) is 0 Å². The van der Waals surface area contributed by atoms with E-state index in [1.54, 1.807) is 11.8 Å². The first-order valence-electron chi connectivity index (χ1n) is 5.72. The van der Waals surface area contributed by atoms with E-state index in [1.165, 1.54) is 12.8 Å². The van der Waals surface area contributed by atoms with E-state index in [4.69, 9.17) is 5.11 Å². The van der Waals surface area contributed by atoms with Crippen molar-refractivity contribution in [1.29, 1.82) is 0 Å². The van der Waals surface area contributed by atoms with Gasteiger partial charge in [-0.1, -0.05) is 26.7 Å². The second-order valence-electron chi connectivity index (χ2n) is 3.49. The highest BCUT2D eigenvalue weighted by Gasteiger charge is 2.22. The second kappa shape index (κ2) is 9.04. The molecule has 1 atom stereocenters. The molecule has 0 radical (unpaired) electrons. The Balaban J connectivity index is 0.000000921. The Morgan fingerprint density at radius 2 is 2.00 bits per heavy atom. The molecular formula is C11H23NO2S. The first-order chi connectivity index (χ1) is 7.24. The van der Waals surface area contributed by atoms with Crippen LogP contribution in [0, 0.1) is 0 Å². The number of thioether (sulfide) groups is 1. The third kappa shape index (κ3) is 6.05. The summed E-state index contributed by atoms with van der Waals surface area (Å²) in [4.78, 5) is 10.8. The van der Waals surface area contributed by atoms with Crippen molar-refractivity contribution in [3.8, 4) is 0 Å². The summed E-state index contributed by atoms with van der Waals surface area (Å²) in [6.45, 7) is 4.00. The number of nitrogens with one attached hydrogen (secondary N) is 1. The van der Waals surface area contributed by atoms with E-state index in [0.29, 0.717) is 11.8 Å². The predicted molar refractivity (Wildman–Crippen MR) is 66.5 cm³/mol. The predicted octanol–water partition coefficient (Wildman–Crippen LogP) is 2.36. The molecule has 3 nitrogen and oxygen atoms in total. The molecule has 1 rings (SSSR count). The summed E-state index contributed by atoms with van der Waals surface area (Å²) in [6.07, 6.45) is 6.69. The maximum Gasteiger partial charge on any atom is 0.321 e. The van der Waals surface area contributed by atoms with Crippen LogP contribution in [0.4, 0.5) is 0 Å². The topological polar surface area (TPSA) is 49.3 Å². The average molecular weight is 233 g/mol. The van der Waals surface area contributed by atoms with Gasteiger partial charge in [-0.3, -0.25) is 4.79 Å². The highest BCUT2D eigenvalue weighted by Crippen LogP contribution is 2.18. The zero-order valence-corrected chi connectivity index (χ0v) is 10.8. The molecule has 1 unspecified atom stereocenters. The smallest absolute Gasteiger partial charge is 0.321 e. The van der Waals surface area contributed by atoms with Crippen LogP contribution < -0.4 is 5.32 Å². The Bertz CT molecular complexity index is 170. The maximum atomic E-state index is 10.8. The van der Waals surface area contributed by atoms with Crippen LogP contribution in [0.15, 0.2) is 0 Å². The SMILES string of the molecule is CC.CSCC(NC1CCCC1)C(=O)O. The Labute approximate surface area is 97.0 Å². The molecule has 90 valence electrons. The normalized spacial score (nSPS) is 18.1. The molecule has 1 aliphatic rings. The van der Waals surface area contributed by atoms with Crippen LogP contribution in [0.25, 0.3) is 0 Å². The summed E-state index contributed by atoms with van der Waals surface area (Å²) in [5, 5.41) is 12.1. The van der Waals surface area contributed by atoms with E-state index in [0.717, 1.165) is 12.8 Å². The monoisotopic (exact) mass is 233 g/mol. The average Bonchev–Trinajstić information content (AvgIpc) is 2.73. The standard InChI is InChI=1S/C9H17NO2S.C2H6/c1-13-6-8(9(11)12)10-7-4-2-3-5-7;1-2/h7-8,10H,2-6H2,1H3,(H,11,12);1-2H3. The number of hydrogen-bond acceptors (Lipinski definition) is 3. The first-order valence-corrected chi connectivity index (χ1v) is 7.11. The van der Waals surface area contributed by atoms with E-state index in [1.807, 2.05) is 20.1 Å². The van der Waals surface area contributed by atoms with Gasteiger partial charge in [0.25, 0.3) is 0 Å². The van der Waals surface area contributed by atoms with Crippen LogP contribution in [0.2, 0.25) is 0 Å². The zero-order chi connectivity index (χ0) is 11.7. The summed E-state index contributed by atoms with van der Waals surface area (Å²) in [5.74, 6) is -0.0625. The molecule has 0 saturated heterocycles. The van der Waals surface area contributed by atoms with E-state index >= 15 is 0 Å². The minimum Gasteiger partial charge on any atom is -0.480 e. The van der Waals surface area contributed by atoms with E-state index in [9.17, 15) is 4.79 Å². The van der Waals surface area contributed by atoms with Crippen molar-refractivity contribution in [3.63, 3.8) is 0 Å². The molecule has 1 fully saturated rings. The summed E-state index contributed by atoms with van der Waals surface area (Å²) in [5.41, 5.74) is 0. The molecule has 0 heterocycles. The molecule has 2 N–H and O–H groups in total. The highest BCUT2D eigenvalue weighted by molar-refractivity contribution is 7.98. The van der Waals surface area contributed by atoms with Gasteiger partial charge in [-0.2, -0.15) is 11.8 Å². The lowest BCUT2D eigenvalue weighted by Crippen LogP contribution is -2.43. The number of carboxylic acids is 1. The number of aliphatic carboxylic acids is 1. The fraction of sp³-hybridized carbons (Fsp3) is 0.909. The highest BCUT2D eigenvalue weighted by atomic mass is 32.2. The number of rotatable bonds is 5. The second-order valence-corrected chi connectivity index (χ2v) is 4.40. The zero-order valence-electron chi connectivity index (χ0n) is 9.95. The van der Waals surface area contributed by atoms with Crippen LogP contribution in [0.5, 0.6) is 0 Å². The van der Waals surface area contributed by atoms with Gasteiger partial charge in [0.05, 0.1) is 0 Å².